The van der Waals surface area contributed by atoms with Crippen LogP contribution in [0.5, 0.6) is 5.75 Å². The van der Waals surface area contributed by atoms with E-state index in [2.05, 4.69) is 47.1 Å². The van der Waals surface area contributed by atoms with E-state index in [1.165, 1.54) is 11.1 Å². The zero-order chi connectivity index (χ0) is 16.2. The molecule has 0 aliphatic carbocycles. The van der Waals surface area contributed by atoms with Crippen molar-refractivity contribution in [3.8, 4) is 5.75 Å². The normalized spacial score (nSPS) is 19.0. The summed E-state index contributed by atoms with van der Waals surface area (Å²) in [7, 11) is 1.95. The maximum atomic E-state index is 5.95. The fraction of sp³-hybridized carbons (Fsp3) is 0.529. The van der Waals surface area contributed by atoms with Gasteiger partial charge in [-0.1, -0.05) is 12.1 Å². The summed E-state index contributed by atoms with van der Waals surface area (Å²) in [6.45, 7) is 8.17. The van der Waals surface area contributed by atoms with Crippen LogP contribution in [0.3, 0.4) is 0 Å². The molecule has 2 heterocycles. The molecule has 0 N–H and O–H groups in total. The Kier molecular flexibility index (Phi) is 4.93. The van der Waals surface area contributed by atoms with Crippen LogP contribution in [0.1, 0.15) is 23.1 Å². The van der Waals surface area contributed by atoms with Gasteiger partial charge in [0.1, 0.15) is 24.8 Å². The predicted octanol–water partition coefficient (Wildman–Crippen LogP) is 1.88. The first-order valence-electron chi connectivity index (χ1n) is 8.01. The molecule has 23 heavy (non-hydrogen) atoms. The number of hydrogen-bond donors (Lipinski definition) is 0. The van der Waals surface area contributed by atoms with Crippen molar-refractivity contribution in [1.29, 1.82) is 0 Å². The maximum Gasteiger partial charge on any atom is 0.163 e. The lowest BCUT2D eigenvalue weighted by atomic mass is 10.1. The number of rotatable bonds is 5. The molecule has 0 bridgehead atoms. The van der Waals surface area contributed by atoms with Gasteiger partial charge < -0.3 is 14.0 Å². The van der Waals surface area contributed by atoms with Gasteiger partial charge in [-0.05, 0) is 31.0 Å². The molecule has 0 spiro atoms. The van der Waals surface area contributed by atoms with Crippen LogP contribution in [0.15, 0.2) is 24.5 Å². The fourth-order valence-electron chi connectivity index (χ4n) is 2.79. The topological polar surface area (TPSA) is 52.4 Å². The highest BCUT2D eigenvalue weighted by Crippen LogP contribution is 2.21. The molecule has 1 atom stereocenters. The Labute approximate surface area is 137 Å². The van der Waals surface area contributed by atoms with E-state index in [0.717, 1.165) is 31.2 Å². The second-order valence-electron chi connectivity index (χ2n) is 6.08. The van der Waals surface area contributed by atoms with Crippen LogP contribution in [0.2, 0.25) is 0 Å². The number of morpholine rings is 1. The molecule has 1 aromatic carbocycles. The molecule has 1 aliphatic rings. The molecule has 0 radical (unpaired) electrons. The predicted molar refractivity (Wildman–Crippen MR) is 87.5 cm³/mol. The molecule has 1 saturated heterocycles. The maximum absolute atomic E-state index is 5.95. The van der Waals surface area contributed by atoms with Gasteiger partial charge in [-0.3, -0.25) is 4.90 Å². The van der Waals surface area contributed by atoms with Crippen LogP contribution in [0, 0.1) is 13.8 Å². The van der Waals surface area contributed by atoms with Crippen LogP contribution < -0.4 is 4.74 Å². The van der Waals surface area contributed by atoms with Crippen molar-refractivity contribution in [3.63, 3.8) is 0 Å². The van der Waals surface area contributed by atoms with Gasteiger partial charge in [0.05, 0.1) is 6.61 Å². The van der Waals surface area contributed by atoms with Crippen molar-refractivity contribution >= 4 is 0 Å². The van der Waals surface area contributed by atoms with Gasteiger partial charge in [0.2, 0.25) is 0 Å². The van der Waals surface area contributed by atoms with Gasteiger partial charge in [0.25, 0.3) is 0 Å². The Morgan fingerprint density at radius 1 is 1.35 bits per heavy atom. The molecule has 2 aromatic rings. The largest absolute Gasteiger partial charge is 0.492 e. The van der Waals surface area contributed by atoms with E-state index in [1.54, 1.807) is 6.33 Å². The average molecular weight is 316 g/mol. The van der Waals surface area contributed by atoms with Gasteiger partial charge in [-0.15, -0.1) is 10.2 Å². The average Bonchev–Trinajstić information content (AvgIpc) is 2.97. The standard InChI is InChI=1S/C17H24N4O2/c1-13-4-5-14(2)15(10-13)22-8-6-21-7-9-23-16(11-21)17-19-18-12-20(17)3/h4-5,10,12,16H,6-9,11H2,1-3H3. The summed E-state index contributed by atoms with van der Waals surface area (Å²) in [6, 6.07) is 6.30. The van der Waals surface area contributed by atoms with E-state index < -0.39 is 0 Å². The number of aryl methyl sites for hydroxylation is 3. The molecule has 1 aromatic heterocycles. The molecule has 6 nitrogen and oxygen atoms in total. The molecule has 1 aliphatic heterocycles. The second-order valence-corrected chi connectivity index (χ2v) is 6.08. The SMILES string of the molecule is Cc1ccc(C)c(OCCN2CCOC(c3nncn3C)C2)c1. The van der Waals surface area contributed by atoms with Crippen LogP contribution in [-0.2, 0) is 11.8 Å². The number of ether oxygens (including phenoxy) is 2. The summed E-state index contributed by atoms with van der Waals surface area (Å²) in [4.78, 5) is 2.36. The van der Waals surface area contributed by atoms with Crippen molar-refractivity contribution in [2.45, 2.75) is 20.0 Å². The van der Waals surface area contributed by atoms with Gasteiger partial charge in [-0.2, -0.15) is 0 Å². The third-order valence-corrected chi connectivity index (χ3v) is 4.19. The van der Waals surface area contributed by atoms with E-state index in [0.29, 0.717) is 13.2 Å². The summed E-state index contributed by atoms with van der Waals surface area (Å²) in [5.41, 5.74) is 2.40. The first kappa shape index (κ1) is 16.0. The number of aromatic nitrogens is 3. The molecule has 0 saturated carbocycles. The lowest BCUT2D eigenvalue weighted by Crippen LogP contribution is -2.41. The van der Waals surface area contributed by atoms with Crippen molar-refractivity contribution in [1.82, 2.24) is 19.7 Å². The van der Waals surface area contributed by atoms with E-state index in [-0.39, 0.29) is 6.10 Å². The van der Waals surface area contributed by atoms with E-state index >= 15 is 0 Å². The first-order valence-corrected chi connectivity index (χ1v) is 8.01. The second kappa shape index (κ2) is 7.10. The number of hydrogen-bond acceptors (Lipinski definition) is 5. The highest BCUT2D eigenvalue weighted by Gasteiger charge is 2.25. The smallest absolute Gasteiger partial charge is 0.163 e. The molecular weight excluding hydrogens is 292 g/mol. The summed E-state index contributed by atoms with van der Waals surface area (Å²) >= 11 is 0. The zero-order valence-corrected chi connectivity index (χ0v) is 14.0. The monoisotopic (exact) mass is 316 g/mol. The van der Waals surface area contributed by atoms with Crippen LogP contribution >= 0.6 is 0 Å². The summed E-state index contributed by atoms with van der Waals surface area (Å²) in [6.07, 6.45) is 1.69. The highest BCUT2D eigenvalue weighted by molar-refractivity contribution is 5.35. The molecule has 0 amide bonds. The quantitative estimate of drug-likeness (QED) is 0.843. The highest BCUT2D eigenvalue weighted by atomic mass is 16.5. The third-order valence-electron chi connectivity index (χ3n) is 4.19. The lowest BCUT2D eigenvalue weighted by molar-refractivity contribution is -0.0384. The molecular formula is C17H24N4O2. The Morgan fingerprint density at radius 3 is 3.00 bits per heavy atom. The minimum absolute atomic E-state index is 0.0167. The minimum Gasteiger partial charge on any atom is -0.492 e. The van der Waals surface area contributed by atoms with E-state index in [1.807, 2.05) is 11.6 Å². The van der Waals surface area contributed by atoms with Crippen molar-refractivity contribution in [3.05, 3.63) is 41.5 Å². The summed E-state index contributed by atoms with van der Waals surface area (Å²) in [5.74, 6) is 1.85. The van der Waals surface area contributed by atoms with E-state index in [9.17, 15) is 0 Å². The molecule has 1 unspecified atom stereocenters. The van der Waals surface area contributed by atoms with E-state index in [4.69, 9.17) is 9.47 Å². The van der Waals surface area contributed by atoms with Crippen LogP contribution in [0.25, 0.3) is 0 Å². The van der Waals surface area contributed by atoms with Gasteiger partial charge in [0.15, 0.2) is 5.82 Å². The molecule has 3 rings (SSSR count). The van der Waals surface area contributed by atoms with Crippen LogP contribution in [0.4, 0.5) is 0 Å². The Hall–Kier alpha value is -1.92. The summed E-state index contributed by atoms with van der Waals surface area (Å²) < 4.78 is 13.7. The van der Waals surface area contributed by atoms with Gasteiger partial charge >= 0.3 is 0 Å². The van der Waals surface area contributed by atoms with Gasteiger partial charge in [-0.25, -0.2) is 0 Å². The zero-order valence-electron chi connectivity index (χ0n) is 14.0. The number of nitrogens with zero attached hydrogens (tertiary/aromatic N) is 4. The van der Waals surface area contributed by atoms with Crippen molar-refractivity contribution in [2.75, 3.05) is 32.8 Å². The van der Waals surface area contributed by atoms with Crippen molar-refractivity contribution in [2.24, 2.45) is 7.05 Å². The lowest BCUT2D eigenvalue weighted by Gasteiger charge is -2.32. The molecule has 124 valence electrons. The van der Waals surface area contributed by atoms with Crippen molar-refractivity contribution < 1.29 is 9.47 Å². The minimum atomic E-state index is -0.0167. The van der Waals surface area contributed by atoms with Gasteiger partial charge in [0, 0.05) is 26.7 Å². The Balaban J connectivity index is 1.52. The molecule has 6 heteroatoms. The third kappa shape index (κ3) is 3.89. The Morgan fingerprint density at radius 2 is 2.22 bits per heavy atom. The Bertz CT molecular complexity index is 656. The molecule has 1 fully saturated rings. The van der Waals surface area contributed by atoms with Crippen LogP contribution in [-0.4, -0.2) is 52.5 Å². The first-order chi connectivity index (χ1) is 11.1. The summed E-state index contributed by atoms with van der Waals surface area (Å²) in [5, 5.41) is 8.08. The number of benzene rings is 1. The fourth-order valence-corrected chi connectivity index (χ4v) is 2.79.